The van der Waals surface area contributed by atoms with Gasteiger partial charge >= 0.3 is 6.09 Å². The summed E-state index contributed by atoms with van der Waals surface area (Å²) in [6.07, 6.45) is 3.54. The molecule has 1 aliphatic rings. The van der Waals surface area contributed by atoms with Crippen LogP contribution in [0.15, 0.2) is 48.7 Å². The minimum absolute atomic E-state index is 0.398. The van der Waals surface area contributed by atoms with Crippen molar-refractivity contribution in [3.63, 3.8) is 0 Å². The predicted octanol–water partition coefficient (Wildman–Crippen LogP) is 3.26. The molecule has 27 heavy (non-hydrogen) atoms. The molecule has 0 radical (unpaired) electrons. The first-order chi connectivity index (χ1) is 13.1. The number of hydrogen-bond donors (Lipinski definition) is 1. The molecule has 3 aromatic rings. The van der Waals surface area contributed by atoms with Gasteiger partial charge in [-0.15, -0.1) is 0 Å². The first kappa shape index (κ1) is 17.1. The summed E-state index contributed by atoms with van der Waals surface area (Å²) in [5, 5.41) is 14.5. The summed E-state index contributed by atoms with van der Waals surface area (Å²) in [6.45, 7) is 1.51. The highest BCUT2D eigenvalue weighted by molar-refractivity contribution is 5.78. The lowest BCUT2D eigenvalue weighted by molar-refractivity contribution is 0.150. The standard InChI is InChI=1S/C20H20N4O3/c1-27-17-5-2-14(3-6-17)13-24-19-16(12-21-24)4-7-18(22-19)15-8-10-23(11-9-15)20(25)26/h2-8,12H,9-11,13H2,1H3,(H,25,26). The summed E-state index contributed by atoms with van der Waals surface area (Å²) < 4.78 is 7.08. The van der Waals surface area contributed by atoms with Gasteiger partial charge in [-0.2, -0.15) is 5.10 Å². The van der Waals surface area contributed by atoms with Crippen molar-refractivity contribution >= 4 is 22.7 Å². The summed E-state index contributed by atoms with van der Waals surface area (Å²) in [5.74, 6) is 0.823. The Morgan fingerprint density at radius 2 is 2.04 bits per heavy atom. The first-order valence-electron chi connectivity index (χ1n) is 8.77. The van der Waals surface area contributed by atoms with Gasteiger partial charge in [-0.3, -0.25) is 0 Å². The van der Waals surface area contributed by atoms with E-state index in [1.807, 2.05) is 53.4 Å². The third-order valence-corrected chi connectivity index (χ3v) is 4.79. The number of methoxy groups -OCH3 is 1. The van der Waals surface area contributed by atoms with E-state index in [2.05, 4.69) is 5.10 Å². The first-order valence-corrected chi connectivity index (χ1v) is 8.77. The maximum atomic E-state index is 11.1. The molecule has 1 amide bonds. The van der Waals surface area contributed by atoms with Crippen LogP contribution in [0.3, 0.4) is 0 Å². The molecule has 1 aliphatic heterocycles. The molecule has 0 bridgehead atoms. The summed E-state index contributed by atoms with van der Waals surface area (Å²) >= 11 is 0. The van der Waals surface area contributed by atoms with E-state index in [0.29, 0.717) is 26.1 Å². The van der Waals surface area contributed by atoms with Crippen molar-refractivity contribution < 1.29 is 14.6 Å². The molecule has 1 aromatic carbocycles. The van der Waals surface area contributed by atoms with Crippen molar-refractivity contribution in [2.45, 2.75) is 13.0 Å². The summed E-state index contributed by atoms with van der Waals surface area (Å²) in [4.78, 5) is 17.3. The molecule has 0 atom stereocenters. The van der Waals surface area contributed by atoms with E-state index in [1.54, 1.807) is 7.11 Å². The molecule has 0 saturated carbocycles. The zero-order valence-corrected chi connectivity index (χ0v) is 15.0. The lowest BCUT2D eigenvalue weighted by Crippen LogP contribution is -2.33. The van der Waals surface area contributed by atoms with Gasteiger partial charge in [-0.05, 0) is 41.8 Å². The molecule has 7 heteroatoms. The van der Waals surface area contributed by atoms with Gasteiger partial charge < -0.3 is 14.7 Å². The fourth-order valence-electron chi connectivity index (χ4n) is 3.23. The zero-order valence-electron chi connectivity index (χ0n) is 15.0. The van der Waals surface area contributed by atoms with Crippen molar-refractivity contribution in [3.05, 3.63) is 59.9 Å². The summed E-state index contributed by atoms with van der Waals surface area (Å²) in [7, 11) is 1.65. The molecule has 7 nitrogen and oxygen atoms in total. The number of amides is 1. The second kappa shape index (κ2) is 7.11. The van der Waals surface area contributed by atoms with E-state index < -0.39 is 6.09 Å². The molecular weight excluding hydrogens is 344 g/mol. The van der Waals surface area contributed by atoms with Crippen LogP contribution < -0.4 is 4.74 Å². The summed E-state index contributed by atoms with van der Waals surface area (Å²) in [5.41, 5.74) is 3.89. The Balaban J connectivity index is 1.60. The lowest BCUT2D eigenvalue weighted by atomic mass is 10.0. The zero-order chi connectivity index (χ0) is 18.8. The molecule has 0 saturated heterocycles. The normalized spacial score (nSPS) is 14.3. The minimum atomic E-state index is -0.883. The van der Waals surface area contributed by atoms with Crippen molar-refractivity contribution in [1.82, 2.24) is 19.7 Å². The Morgan fingerprint density at radius 3 is 2.70 bits per heavy atom. The fourth-order valence-corrected chi connectivity index (χ4v) is 3.23. The number of nitrogens with zero attached hydrogens (tertiary/aromatic N) is 4. The number of carbonyl (C=O) groups is 1. The van der Waals surface area contributed by atoms with E-state index in [0.717, 1.165) is 33.6 Å². The highest BCUT2D eigenvalue weighted by atomic mass is 16.5. The molecule has 138 valence electrons. The SMILES string of the molecule is COc1ccc(Cn2ncc3ccc(C4=CCN(C(=O)O)CC4)nc32)cc1. The van der Waals surface area contributed by atoms with Crippen LogP contribution in [0.2, 0.25) is 0 Å². The molecule has 1 N–H and O–H groups in total. The second-order valence-electron chi connectivity index (χ2n) is 6.47. The van der Waals surface area contributed by atoms with Gasteiger partial charge in [-0.25, -0.2) is 14.5 Å². The Morgan fingerprint density at radius 1 is 1.22 bits per heavy atom. The van der Waals surface area contributed by atoms with Gasteiger partial charge in [0.15, 0.2) is 5.65 Å². The van der Waals surface area contributed by atoms with Crippen molar-refractivity contribution in [2.24, 2.45) is 0 Å². The van der Waals surface area contributed by atoms with Crippen LogP contribution in [-0.4, -0.2) is 51.1 Å². The third kappa shape index (κ3) is 3.48. The highest BCUT2D eigenvalue weighted by Gasteiger charge is 2.18. The number of hydrogen-bond acceptors (Lipinski definition) is 4. The Bertz CT molecular complexity index is 1010. The number of fused-ring (bicyclic) bond motifs is 1. The number of pyridine rings is 1. The number of benzene rings is 1. The number of aromatic nitrogens is 3. The third-order valence-electron chi connectivity index (χ3n) is 4.79. The maximum Gasteiger partial charge on any atom is 0.407 e. The highest BCUT2D eigenvalue weighted by Crippen LogP contribution is 2.24. The maximum absolute atomic E-state index is 11.1. The van der Waals surface area contributed by atoms with E-state index in [1.165, 1.54) is 4.90 Å². The van der Waals surface area contributed by atoms with Gasteiger partial charge in [0.2, 0.25) is 0 Å². The number of carboxylic acid groups (broad SMARTS) is 1. The van der Waals surface area contributed by atoms with Crippen LogP contribution in [-0.2, 0) is 6.54 Å². The average molecular weight is 364 g/mol. The fraction of sp³-hybridized carbons (Fsp3) is 0.250. The van der Waals surface area contributed by atoms with Gasteiger partial charge in [0, 0.05) is 18.5 Å². The molecule has 0 spiro atoms. The van der Waals surface area contributed by atoms with Crippen LogP contribution in [0.1, 0.15) is 17.7 Å². The Kier molecular flexibility index (Phi) is 4.50. The van der Waals surface area contributed by atoms with Crippen molar-refractivity contribution in [3.8, 4) is 5.75 Å². The van der Waals surface area contributed by atoms with Crippen molar-refractivity contribution in [1.29, 1.82) is 0 Å². The van der Waals surface area contributed by atoms with Gasteiger partial charge in [0.05, 0.1) is 25.5 Å². The van der Waals surface area contributed by atoms with E-state index in [4.69, 9.17) is 14.8 Å². The quantitative estimate of drug-likeness (QED) is 0.769. The molecule has 4 rings (SSSR count). The second-order valence-corrected chi connectivity index (χ2v) is 6.47. The molecule has 3 heterocycles. The van der Waals surface area contributed by atoms with E-state index in [9.17, 15) is 4.79 Å². The largest absolute Gasteiger partial charge is 0.497 e. The van der Waals surface area contributed by atoms with Gasteiger partial charge in [-0.1, -0.05) is 18.2 Å². The number of ether oxygens (including phenoxy) is 1. The van der Waals surface area contributed by atoms with Gasteiger partial charge in [0.25, 0.3) is 0 Å². The average Bonchev–Trinajstić information content (AvgIpc) is 3.10. The Hall–Kier alpha value is -3.35. The molecule has 2 aromatic heterocycles. The lowest BCUT2D eigenvalue weighted by Gasteiger charge is -2.23. The molecular formula is C20H20N4O3. The number of rotatable bonds is 4. The molecule has 0 aliphatic carbocycles. The van der Waals surface area contributed by atoms with E-state index in [-0.39, 0.29) is 0 Å². The Labute approximate surface area is 156 Å². The predicted molar refractivity (Wildman–Crippen MR) is 102 cm³/mol. The smallest absolute Gasteiger partial charge is 0.407 e. The van der Waals surface area contributed by atoms with Crippen LogP contribution in [0, 0.1) is 0 Å². The molecule has 0 fully saturated rings. The van der Waals surface area contributed by atoms with Crippen LogP contribution in [0.5, 0.6) is 5.75 Å². The van der Waals surface area contributed by atoms with Crippen LogP contribution >= 0.6 is 0 Å². The van der Waals surface area contributed by atoms with Crippen LogP contribution in [0.25, 0.3) is 16.6 Å². The minimum Gasteiger partial charge on any atom is -0.497 e. The van der Waals surface area contributed by atoms with E-state index >= 15 is 0 Å². The van der Waals surface area contributed by atoms with Gasteiger partial charge in [0.1, 0.15) is 5.75 Å². The van der Waals surface area contributed by atoms with Crippen molar-refractivity contribution in [2.75, 3.05) is 20.2 Å². The molecule has 0 unspecified atom stereocenters. The topological polar surface area (TPSA) is 80.5 Å². The monoisotopic (exact) mass is 364 g/mol. The summed E-state index contributed by atoms with van der Waals surface area (Å²) in [6, 6.07) is 11.9. The van der Waals surface area contributed by atoms with Crippen LogP contribution in [0.4, 0.5) is 4.79 Å².